The van der Waals surface area contributed by atoms with Crippen LogP contribution in [-0.4, -0.2) is 44.4 Å². The first-order valence-corrected chi connectivity index (χ1v) is 9.13. The first-order chi connectivity index (χ1) is 11.8. The topological polar surface area (TPSA) is 43.3 Å². The lowest BCUT2D eigenvalue weighted by Gasteiger charge is -2.32. The Bertz CT molecular complexity index is 584. The molecule has 3 aliphatic rings. The highest BCUT2D eigenvalue weighted by Crippen LogP contribution is 2.34. The zero-order valence-electron chi connectivity index (χ0n) is 14.2. The summed E-state index contributed by atoms with van der Waals surface area (Å²) in [7, 11) is 0. The van der Waals surface area contributed by atoms with Gasteiger partial charge in [-0.05, 0) is 37.3 Å². The minimum atomic E-state index is -0.323. The number of hydrogen-bond acceptors (Lipinski definition) is 5. The minimum Gasteiger partial charge on any atom is -0.394 e. The highest BCUT2D eigenvalue weighted by molar-refractivity contribution is 5.84. The van der Waals surface area contributed by atoms with Gasteiger partial charge in [0, 0.05) is 25.1 Å². The third-order valence-electron chi connectivity index (χ3n) is 5.26. The fourth-order valence-electron chi connectivity index (χ4n) is 3.93. The molecule has 1 spiro atoms. The van der Waals surface area contributed by atoms with Crippen LogP contribution in [0.3, 0.4) is 0 Å². The van der Waals surface area contributed by atoms with Crippen molar-refractivity contribution in [3.8, 4) is 0 Å². The van der Waals surface area contributed by atoms with Crippen LogP contribution in [0.2, 0.25) is 0 Å². The van der Waals surface area contributed by atoms with E-state index in [2.05, 4.69) is 34.3 Å². The lowest BCUT2D eigenvalue weighted by Crippen LogP contribution is -2.35. The second-order valence-electron chi connectivity index (χ2n) is 6.82. The molecule has 1 aliphatic carbocycles. The number of oxime groups is 1. The Hall–Kier alpha value is -1.59. The average molecular weight is 330 g/mol. The minimum absolute atomic E-state index is 0.323. The highest BCUT2D eigenvalue weighted by Gasteiger charge is 2.39. The maximum atomic E-state index is 5.74. The summed E-state index contributed by atoms with van der Waals surface area (Å²) >= 11 is 0. The molecule has 0 amide bonds. The lowest BCUT2D eigenvalue weighted by molar-refractivity contribution is -0.167. The van der Waals surface area contributed by atoms with Gasteiger partial charge in [0.05, 0.1) is 25.5 Å². The molecule has 1 aromatic carbocycles. The molecule has 4 rings (SSSR count). The van der Waals surface area contributed by atoms with Crippen LogP contribution in [0.15, 0.2) is 29.4 Å². The van der Waals surface area contributed by atoms with Gasteiger partial charge in [-0.25, -0.2) is 0 Å². The molecular formula is C19H26N2O3. The molecule has 24 heavy (non-hydrogen) atoms. The van der Waals surface area contributed by atoms with E-state index in [-0.39, 0.29) is 5.79 Å². The SMILES string of the molecule is c1ccc2c(c1)CCCN2CCON=C1CCC2(CC1)OCCO2. The van der Waals surface area contributed by atoms with Gasteiger partial charge in [-0.15, -0.1) is 0 Å². The maximum Gasteiger partial charge on any atom is 0.169 e. The van der Waals surface area contributed by atoms with Gasteiger partial charge < -0.3 is 19.2 Å². The van der Waals surface area contributed by atoms with Crippen molar-refractivity contribution in [1.82, 2.24) is 0 Å². The number of benzene rings is 1. The zero-order valence-corrected chi connectivity index (χ0v) is 14.2. The van der Waals surface area contributed by atoms with Crippen molar-refractivity contribution in [3.05, 3.63) is 29.8 Å². The summed E-state index contributed by atoms with van der Waals surface area (Å²) in [5, 5.41) is 4.36. The Morgan fingerprint density at radius 1 is 1.08 bits per heavy atom. The molecule has 0 aromatic heterocycles. The average Bonchev–Trinajstić information content (AvgIpc) is 3.09. The second kappa shape index (κ2) is 7.11. The van der Waals surface area contributed by atoms with Crippen LogP contribution >= 0.6 is 0 Å². The fraction of sp³-hybridized carbons (Fsp3) is 0.632. The number of para-hydroxylation sites is 1. The largest absolute Gasteiger partial charge is 0.394 e. The maximum absolute atomic E-state index is 5.74. The molecular weight excluding hydrogens is 304 g/mol. The van der Waals surface area contributed by atoms with Crippen LogP contribution < -0.4 is 4.90 Å². The molecule has 2 fully saturated rings. The summed E-state index contributed by atoms with van der Waals surface area (Å²) in [6.07, 6.45) is 6.01. The molecule has 130 valence electrons. The molecule has 1 saturated heterocycles. The molecule has 0 radical (unpaired) electrons. The highest BCUT2D eigenvalue weighted by atomic mass is 16.7. The molecule has 2 aliphatic heterocycles. The Balaban J connectivity index is 1.24. The van der Waals surface area contributed by atoms with E-state index < -0.39 is 0 Å². The van der Waals surface area contributed by atoms with E-state index in [1.165, 1.54) is 24.1 Å². The summed E-state index contributed by atoms with van der Waals surface area (Å²) in [5.41, 5.74) is 3.94. The predicted molar refractivity (Wildman–Crippen MR) is 93.5 cm³/mol. The van der Waals surface area contributed by atoms with Crippen molar-refractivity contribution >= 4 is 11.4 Å². The summed E-state index contributed by atoms with van der Waals surface area (Å²) in [6, 6.07) is 8.68. The van der Waals surface area contributed by atoms with Gasteiger partial charge in [0.1, 0.15) is 6.61 Å². The molecule has 0 atom stereocenters. The Kier molecular flexibility index (Phi) is 4.72. The van der Waals surface area contributed by atoms with Crippen molar-refractivity contribution < 1.29 is 14.3 Å². The van der Waals surface area contributed by atoms with Crippen molar-refractivity contribution in [1.29, 1.82) is 0 Å². The van der Waals surface area contributed by atoms with Crippen LogP contribution in [0.5, 0.6) is 0 Å². The van der Waals surface area contributed by atoms with Gasteiger partial charge in [-0.3, -0.25) is 0 Å². The van der Waals surface area contributed by atoms with Crippen molar-refractivity contribution in [3.63, 3.8) is 0 Å². The van der Waals surface area contributed by atoms with Gasteiger partial charge in [-0.1, -0.05) is 23.4 Å². The molecule has 1 saturated carbocycles. The smallest absolute Gasteiger partial charge is 0.169 e. The Labute approximate surface area is 143 Å². The summed E-state index contributed by atoms with van der Waals surface area (Å²) in [4.78, 5) is 8.02. The number of fused-ring (bicyclic) bond motifs is 1. The summed E-state index contributed by atoms with van der Waals surface area (Å²) < 4.78 is 11.5. The molecule has 0 unspecified atom stereocenters. The third kappa shape index (κ3) is 3.42. The van der Waals surface area contributed by atoms with E-state index in [0.29, 0.717) is 6.61 Å². The van der Waals surface area contributed by atoms with Crippen LogP contribution in [0.1, 0.15) is 37.7 Å². The first-order valence-electron chi connectivity index (χ1n) is 9.13. The fourth-order valence-corrected chi connectivity index (χ4v) is 3.93. The van der Waals surface area contributed by atoms with Crippen molar-refractivity contribution in [2.24, 2.45) is 5.16 Å². The monoisotopic (exact) mass is 330 g/mol. The summed E-state index contributed by atoms with van der Waals surface area (Å²) in [6.45, 7) is 4.08. The Morgan fingerprint density at radius 3 is 2.71 bits per heavy atom. The van der Waals surface area contributed by atoms with Crippen LogP contribution in [0.4, 0.5) is 5.69 Å². The van der Waals surface area contributed by atoms with E-state index in [1.54, 1.807) is 0 Å². The molecule has 5 nitrogen and oxygen atoms in total. The molecule has 5 heteroatoms. The number of rotatable bonds is 4. The number of hydrogen-bond donors (Lipinski definition) is 0. The van der Waals surface area contributed by atoms with Crippen molar-refractivity contribution in [2.75, 3.05) is 37.8 Å². The van der Waals surface area contributed by atoms with E-state index in [1.807, 2.05) is 0 Å². The lowest BCUT2D eigenvalue weighted by atomic mass is 9.92. The number of ether oxygens (including phenoxy) is 2. The van der Waals surface area contributed by atoms with Gasteiger partial charge in [0.15, 0.2) is 5.79 Å². The Morgan fingerprint density at radius 2 is 1.88 bits per heavy atom. The van der Waals surface area contributed by atoms with Gasteiger partial charge in [0.25, 0.3) is 0 Å². The van der Waals surface area contributed by atoms with Gasteiger partial charge in [-0.2, -0.15) is 0 Å². The first kappa shape index (κ1) is 15.9. The molecule has 0 bridgehead atoms. The second-order valence-corrected chi connectivity index (χ2v) is 6.82. The molecule has 1 aromatic rings. The summed E-state index contributed by atoms with van der Waals surface area (Å²) in [5.74, 6) is -0.323. The van der Waals surface area contributed by atoms with E-state index in [4.69, 9.17) is 14.3 Å². The van der Waals surface area contributed by atoms with Gasteiger partial charge in [0.2, 0.25) is 0 Å². The zero-order chi connectivity index (χ0) is 16.2. The number of aryl methyl sites for hydroxylation is 1. The van der Waals surface area contributed by atoms with Crippen molar-refractivity contribution in [2.45, 2.75) is 44.3 Å². The van der Waals surface area contributed by atoms with E-state index in [0.717, 1.165) is 57.7 Å². The van der Waals surface area contributed by atoms with Crippen LogP contribution in [0, 0.1) is 0 Å². The number of anilines is 1. The van der Waals surface area contributed by atoms with Crippen LogP contribution in [0.25, 0.3) is 0 Å². The van der Waals surface area contributed by atoms with Gasteiger partial charge >= 0.3 is 0 Å². The van der Waals surface area contributed by atoms with E-state index >= 15 is 0 Å². The quantitative estimate of drug-likeness (QED) is 0.628. The van der Waals surface area contributed by atoms with Crippen LogP contribution in [-0.2, 0) is 20.7 Å². The normalized spacial score (nSPS) is 22.5. The molecule has 0 N–H and O–H groups in total. The molecule has 2 heterocycles. The third-order valence-corrected chi connectivity index (χ3v) is 5.26. The predicted octanol–water partition coefficient (Wildman–Crippen LogP) is 3.13. The standard InChI is InChI=1S/C19H26N2O3/c1-2-6-18-16(4-1)5-3-11-21(18)12-13-24-20-17-7-9-19(10-8-17)22-14-15-23-19/h1-2,4,6H,3,5,7-15H2. The number of nitrogens with zero attached hydrogens (tertiary/aromatic N) is 2. The van der Waals surface area contributed by atoms with E-state index in [9.17, 15) is 0 Å².